The predicted molar refractivity (Wildman–Crippen MR) is 135 cm³/mol. The monoisotopic (exact) mass is 490 g/mol. The standard InChI is InChI=1S/C26H27ClN6O2/c27-19-7-2-1-5-17(19)18-6-3-4-16-12-20(31-21(16)18)22-23-24(28)29-13-30-33(23)25(32-22)14-8-10-15(11-9-14)26(34)35/h1-4,7,12-15,17-18,31H,5-6,8-11H2,(H,34,35)(H2,28,29,30). The van der Waals surface area contributed by atoms with Crippen LogP contribution in [0.2, 0.25) is 0 Å². The first-order chi connectivity index (χ1) is 17.0. The Bertz CT molecular complexity index is 1390. The molecule has 0 aromatic carbocycles. The molecule has 1 saturated carbocycles. The Balaban J connectivity index is 1.40. The van der Waals surface area contributed by atoms with Gasteiger partial charge < -0.3 is 15.8 Å². The van der Waals surface area contributed by atoms with Crippen molar-refractivity contribution in [2.45, 2.75) is 50.4 Å². The highest BCUT2D eigenvalue weighted by atomic mass is 35.5. The Morgan fingerprint density at radius 1 is 1.17 bits per heavy atom. The minimum absolute atomic E-state index is 0.122. The molecule has 3 aliphatic rings. The lowest BCUT2D eigenvalue weighted by Gasteiger charge is -2.28. The predicted octanol–water partition coefficient (Wildman–Crippen LogP) is 5.26. The number of carbonyl (C=O) groups is 1. The minimum atomic E-state index is -0.716. The van der Waals surface area contributed by atoms with Crippen LogP contribution in [0.25, 0.3) is 23.0 Å². The number of hydrogen-bond donors (Lipinski definition) is 3. The van der Waals surface area contributed by atoms with E-state index < -0.39 is 5.97 Å². The van der Waals surface area contributed by atoms with Crippen molar-refractivity contribution >= 4 is 35.0 Å². The molecule has 0 saturated heterocycles. The largest absolute Gasteiger partial charge is 0.481 e. The third-order valence-electron chi connectivity index (χ3n) is 7.74. The number of carboxylic acid groups (broad SMARTS) is 1. The van der Waals surface area contributed by atoms with Crippen LogP contribution in [0.3, 0.4) is 0 Å². The van der Waals surface area contributed by atoms with Crippen LogP contribution in [-0.2, 0) is 4.79 Å². The lowest BCUT2D eigenvalue weighted by Crippen LogP contribution is -2.21. The number of aromatic amines is 1. The average molecular weight is 491 g/mol. The number of aliphatic carboxylic acids is 1. The third kappa shape index (κ3) is 3.76. The molecule has 6 rings (SSSR count). The zero-order valence-electron chi connectivity index (χ0n) is 19.2. The second kappa shape index (κ2) is 8.68. The average Bonchev–Trinajstić information content (AvgIpc) is 3.47. The highest BCUT2D eigenvalue weighted by molar-refractivity contribution is 6.30. The van der Waals surface area contributed by atoms with E-state index in [-0.39, 0.29) is 23.7 Å². The molecule has 3 aliphatic carbocycles. The molecule has 35 heavy (non-hydrogen) atoms. The van der Waals surface area contributed by atoms with Gasteiger partial charge in [0.25, 0.3) is 0 Å². The van der Waals surface area contributed by atoms with Gasteiger partial charge in [-0.05, 0) is 56.2 Å². The number of fused-ring (bicyclic) bond motifs is 2. The number of carboxylic acids is 1. The van der Waals surface area contributed by atoms with Crippen molar-refractivity contribution in [2.75, 3.05) is 5.73 Å². The first kappa shape index (κ1) is 22.1. The molecule has 3 heterocycles. The number of imidazole rings is 1. The maximum atomic E-state index is 11.4. The van der Waals surface area contributed by atoms with Gasteiger partial charge in [-0.1, -0.05) is 35.9 Å². The highest BCUT2D eigenvalue weighted by Gasteiger charge is 2.33. The van der Waals surface area contributed by atoms with Crippen molar-refractivity contribution in [3.63, 3.8) is 0 Å². The summed E-state index contributed by atoms with van der Waals surface area (Å²) in [6.45, 7) is 0. The summed E-state index contributed by atoms with van der Waals surface area (Å²) in [5.74, 6) is 0.802. The van der Waals surface area contributed by atoms with Crippen molar-refractivity contribution in [2.24, 2.45) is 11.8 Å². The minimum Gasteiger partial charge on any atom is -0.481 e. The molecule has 0 aliphatic heterocycles. The first-order valence-electron chi connectivity index (χ1n) is 12.1. The number of anilines is 1. The number of hydrogen-bond acceptors (Lipinski definition) is 5. The van der Waals surface area contributed by atoms with Crippen LogP contribution in [0.4, 0.5) is 5.82 Å². The second-order valence-electron chi connectivity index (χ2n) is 9.73. The van der Waals surface area contributed by atoms with E-state index in [0.717, 1.165) is 59.2 Å². The summed E-state index contributed by atoms with van der Waals surface area (Å²) in [4.78, 5) is 24.3. The number of nitrogens with one attached hydrogen (secondary N) is 1. The van der Waals surface area contributed by atoms with Crippen LogP contribution in [-0.4, -0.2) is 35.6 Å². The van der Waals surface area contributed by atoms with E-state index in [1.165, 1.54) is 6.33 Å². The van der Waals surface area contributed by atoms with Crippen LogP contribution in [0.15, 0.2) is 41.7 Å². The summed E-state index contributed by atoms with van der Waals surface area (Å²) in [6.07, 6.45) is 16.6. The summed E-state index contributed by atoms with van der Waals surface area (Å²) in [5, 5.41) is 14.8. The van der Waals surface area contributed by atoms with Gasteiger partial charge in [-0.3, -0.25) is 4.79 Å². The SMILES string of the molecule is Nc1ncnn2c(C3CCC(C(=O)O)CC3)nc(-c3cc4c([nH]3)C(C3CC=CC=C3Cl)CC=C4)c12. The Morgan fingerprint density at radius 3 is 2.74 bits per heavy atom. The topological polar surface area (TPSA) is 122 Å². The zero-order chi connectivity index (χ0) is 24.1. The summed E-state index contributed by atoms with van der Waals surface area (Å²) < 4.78 is 1.79. The molecule has 2 atom stereocenters. The fraction of sp³-hybridized carbons (Fsp3) is 0.385. The van der Waals surface area contributed by atoms with Gasteiger partial charge in [-0.2, -0.15) is 5.10 Å². The zero-order valence-corrected chi connectivity index (χ0v) is 19.9. The van der Waals surface area contributed by atoms with Crippen molar-refractivity contribution < 1.29 is 9.90 Å². The van der Waals surface area contributed by atoms with Crippen molar-refractivity contribution in [1.82, 2.24) is 24.6 Å². The Hall–Kier alpha value is -3.39. The van der Waals surface area contributed by atoms with Crippen molar-refractivity contribution in [1.29, 1.82) is 0 Å². The molecule has 2 unspecified atom stereocenters. The lowest BCUT2D eigenvalue weighted by molar-refractivity contribution is -0.142. The smallest absolute Gasteiger partial charge is 0.306 e. The number of halogens is 1. The number of allylic oxidation sites excluding steroid dienone is 5. The van der Waals surface area contributed by atoms with Gasteiger partial charge in [-0.25, -0.2) is 14.5 Å². The number of nitrogens with zero attached hydrogens (tertiary/aromatic N) is 4. The van der Waals surface area contributed by atoms with Gasteiger partial charge in [0, 0.05) is 28.5 Å². The van der Waals surface area contributed by atoms with Gasteiger partial charge in [0.2, 0.25) is 0 Å². The Labute approximate surface area is 207 Å². The van der Waals surface area contributed by atoms with E-state index in [4.69, 9.17) is 22.3 Å². The molecule has 3 aromatic heterocycles. The van der Waals surface area contributed by atoms with E-state index in [9.17, 15) is 9.90 Å². The first-order valence-corrected chi connectivity index (χ1v) is 12.5. The van der Waals surface area contributed by atoms with Crippen LogP contribution in [0.1, 0.15) is 67.4 Å². The van der Waals surface area contributed by atoms with Gasteiger partial charge in [0.1, 0.15) is 23.4 Å². The van der Waals surface area contributed by atoms with E-state index in [2.05, 4.69) is 39.4 Å². The Morgan fingerprint density at radius 2 is 1.97 bits per heavy atom. The summed E-state index contributed by atoms with van der Waals surface area (Å²) in [6, 6.07) is 2.12. The molecule has 9 heteroatoms. The number of nitrogens with two attached hydrogens (primary N) is 1. The van der Waals surface area contributed by atoms with Crippen molar-refractivity contribution in [3.8, 4) is 11.4 Å². The molecule has 0 amide bonds. The number of aromatic nitrogens is 5. The van der Waals surface area contributed by atoms with Crippen LogP contribution in [0.5, 0.6) is 0 Å². The summed E-state index contributed by atoms with van der Waals surface area (Å²) in [7, 11) is 0. The van der Waals surface area contributed by atoms with Gasteiger partial charge in [0.15, 0.2) is 5.82 Å². The lowest BCUT2D eigenvalue weighted by atomic mass is 9.79. The van der Waals surface area contributed by atoms with Crippen molar-refractivity contribution in [3.05, 3.63) is 58.8 Å². The number of nitrogen functional groups attached to an aromatic ring is 1. The highest BCUT2D eigenvalue weighted by Crippen LogP contribution is 2.44. The molecule has 8 nitrogen and oxygen atoms in total. The third-order valence-corrected chi connectivity index (χ3v) is 8.15. The molecule has 0 spiro atoms. The molecule has 180 valence electrons. The molecular weight excluding hydrogens is 464 g/mol. The fourth-order valence-corrected chi connectivity index (χ4v) is 6.20. The molecule has 1 fully saturated rings. The summed E-state index contributed by atoms with van der Waals surface area (Å²) in [5.41, 5.74) is 10.9. The normalized spacial score (nSPS) is 26.0. The molecule has 3 aromatic rings. The molecule has 0 radical (unpaired) electrons. The van der Waals surface area contributed by atoms with Crippen LogP contribution < -0.4 is 5.73 Å². The summed E-state index contributed by atoms with van der Waals surface area (Å²) >= 11 is 6.61. The maximum absolute atomic E-state index is 11.4. The quantitative estimate of drug-likeness (QED) is 0.458. The molecule has 4 N–H and O–H groups in total. The molecule has 0 bridgehead atoms. The van der Waals surface area contributed by atoms with Gasteiger partial charge >= 0.3 is 5.97 Å². The van der Waals surface area contributed by atoms with Crippen LogP contribution in [0, 0.1) is 11.8 Å². The van der Waals surface area contributed by atoms with Gasteiger partial charge in [0.05, 0.1) is 11.6 Å². The Kier molecular flexibility index (Phi) is 5.48. The fourth-order valence-electron chi connectivity index (χ4n) is 5.89. The van der Waals surface area contributed by atoms with E-state index in [1.807, 2.05) is 12.2 Å². The number of rotatable bonds is 4. The second-order valence-corrected chi connectivity index (χ2v) is 10.2. The van der Waals surface area contributed by atoms with E-state index in [0.29, 0.717) is 24.2 Å². The van der Waals surface area contributed by atoms with Crippen LogP contribution >= 0.6 is 11.6 Å². The van der Waals surface area contributed by atoms with Gasteiger partial charge in [-0.15, -0.1) is 0 Å². The van der Waals surface area contributed by atoms with E-state index >= 15 is 0 Å². The van der Waals surface area contributed by atoms with E-state index in [1.54, 1.807) is 4.52 Å². The maximum Gasteiger partial charge on any atom is 0.306 e. The molecular formula is C26H27ClN6O2. The number of H-pyrrole nitrogens is 1.